The predicted molar refractivity (Wildman–Crippen MR) is 76.3 cm³/mol. The van der Waals surface area contributed by atoms with Crippen LogP contribution in [0, 0.1) is 0 Å². The summed E-state index contributed by atoms with van der Waals surface area (Å²) in [5, 5.41) is 5.66. The number of nitrogens with zero attached hydrogens (tertiary/aromatic N) is 2. The molecule has 5 heteroatoms. The molecule has 4 nitrogen and oxygen atoms in total. The van der Waals surface area contributed by atoms with Crippen LogP contribution in [0.2, 0.25) is 0 Å². The van der Waals surface area contributed by atoms with Crippen LogP contribution < -0.4 is 5.73 Å². The summed E-state index contributed by atoms with van der Waals surface area (Å²) in [6.07, 6.45) is 1.58. The lowest BCUT2D eigenvalue weighted by Crippen LogP contribution is -2.26. The number of rotatable bonds is 3. The minimum Gasteiger partial charge on any atom is -0.455 e. The summed E-state index contributed by atoms with van der Waals surface area (Å²) in [6, 6.07) is 13.6. The van der Waals surface area contributed by atoms with E-state index in [0.29, 0.717) is 5.76 Å². The number of hydrogen-bond donors (Lipinski definition) is 1. The zero-order valence-electron chi connectivity index (χ0n) is 9.91. The molecule has 0 bridgehead atoms. The van der Waals surface area contributed by atoms with Gasteiger partial charge >= 0.3 is 0 Å². The van der Waals surface area contributed by atoms with Crippen molar-refractivity contribution < 1.29 is 4.42 Å². The number of nitrogens with two attached hydrogens (primary N) is 1. The molecular formula is C13H13N3OS. The monoisotopic (exact) mass is 259 g/mol. The molecule has 1 aromatic heterocycles. The fraction of sp³-hybridized carbons (Fsp3) is 0.0769. The minimum atomic E-state index is 0.209. The number of benzene rings is 1. The van der Waals surface area contributed by atoms with E-state index in [2.05, 4.69) is 5.10 Å². The van der Waals surface area contributed by atoms with E-state index in [0.717, 1.165) is 11.3 Å². The van der Waals surface area contributed by atoms with Gasteiger partial charge in [0, 0.05) is 12.6 Å². The first-order valence-corrected chi connectivity index (χ1v) is 5.80. The van der Waals surface area contributed by atoms with Gasteiger partial charge in [-0.25, -0.2) is 5.01 Å². The van der Waals surface area contributed by atoms with Gasteiger partial charge in [0.15, 0.2) is 5.11 Å². The standard InChI is InChI=1S/C13H13N3OS/c1-16(13(14)18)15-9-11-7-8-12(17-11)10-5-3-2-4-6-10/h2-9H,1H3,(H2,14,18). The van der Waals surface area contributed by atoms with E-state index in [1.807, 2.05) is 42.5 Å². The number of thiocarbonyl (C=S) groups is 1. The minimum absolute atomic E-state index is 0.209. The van der Waals surface area contributed by atoms with Crippen LogP contribution in [-0.2, 0) is 0 Å². The van der Waals surface area contributed by atoms with Crippen LogP contribution in [0.1, 0.15) is 5.76 Å². The van der Waals surface area contributed by atoms with Gasteiger partial charge in [-0.05, 0) is 24.4 Å². The maximum absolute atomic E-state index is 5.64. The van der Waals surface area contributed by atoms with Crippen molar-refractivity contribution in [2.45, 2.75) is 0 Å². The lowest BCUT2D eigenvalue weighted by Gasteiger charge is -2.07. The Hall–Kier alpha value is -2.14. The highest BCUT2D eigenvalue weighted by atomic mass is 32.1. The highest BCUT2D eigenvalue weighted by Gasteiger charge is 2.02. The van der Waals surface area contributed by atoms with E-state index in [4.69, 9.17) is 22.4 Å². The first kappa shape index (κ1) is 12.3. The predicted octanol–water partition coefficient (Wildman–Crippen LogP) is 2.46. The Kier molecular flexibility index (Phi) is 3.74. The van der Waals surface area contributed by atoms with E-state index >= 15 is 0 Å². The fourth-order valence-electron chi connectivity index (χ4n) is 1.38. The molecule has 0 aliphatic heterocycles. The van der Waals surface area contributed by atoms with Crippen LogP contribution in [0.3, 0.4) is 0 Å². The lowest BCUT2D eigenvalue weighted by molar-refractivity contribution is 0.540. The first-order valence-electron chi connectivity index (χ1n) is 5.39. The maximum atomic E-state index is 5.64. The second kappa shape index (κ2) is 5.46. The van der Waals surface area contributed by atoms with Crippen molar-refractivity contribution in [1.82, 2.24) is 5.01 Å². The SMILES string of the molecule is CN(N=Cc1ccc(-c2ccccc2)o1)C(N)=S. The second-order valence-corrected chi connectivity index (χ2v) is 4.09. The Morgan fingerprint density at radius 2 is 2.00 bits per heavy atom. The quantitative estimate of drug-likeness (QED) is 0.522. The molecule has 2 aromatic rings. The van der Waals surface area contributed by atoms with Crippen LogP contribution >= 0.6 is 12.2 Å². The van der Waals surface area contributed by atoms with Gasteiger partial charge in [-0.15, -0.1) is 0 Å². The van der Waals surface area contributed by atoms with Crippen molar-refractivity contribution in [1.29, 1.82) is 0 Å². The van der Waals surface area contributed by atoms with Crippen molar-refractivity contribution in [3.63, 3.8) is 0 Å². The third-order valence-corrected chi connectivity index (χ3v) is 2.63. The molecule has 92 valence electrons. The van der Waals surface area contributed by atoms with Gasteiger partial charge < -0.3 is 10.2 Å². The van der Waals surface area contributed by atoms with Gasteiger partial charge in [-0.1, -0.05) is 30.3 Å². The fourth-order valence-corrected chi connectivity index (χ4v) is 1.43. The molecule has 2 N–H and O–H groups in total. The van der Waals surface area contributed by atoms with Crippen molar-refractivity contribution in [3.05, 3.63) is 48.2 Å². The zero-order chi connectivity index (χ0) is 13.0. The smallest absolute Gasteiger partial charge is 0.186 e. The summed E-state index contributed by atoms with van der Waals surface area (Å²) < 4.78 is 5.64. The van der Waals surface area contributed by atoms with Crippen molar-refractivity contribution in [2.24, 2.45) is 10.8 Å². The van der Waals surface area contributed by atoms with E-state index in [1.165, 1.54) is 5.01 Å². The molecule has 0 spiro atoms. The van der Waals surface area contributed by atoms with E-state index in [1.54, 1.807) is 13.3 Å². The van der Waals surface area contributed by atoms with Crippen molar-refractivity contribution >= 4 is 23.5 Å². The Morgan fingerprint density at radius 3 is 2.67 bits per heavy atom. The Labute approximate surface area is 111 Å². The topological polar surface area (TPSA) is 54.8 Å². The molecule has 2 rings (SSSR count). The van der Waals surface area contributed by atoms with Crippen LogP contribution in [-0.4, -0.2) is 23.4 Å². The molecule has 0 aliphatic rings. The molecule has 0 radical (unpaired) electrons. The summed E-state index contributed by atoms with van der Waals surface area (Å²) in [5.74, 6) is 1.45. The number of furan rings is 1. The first-order chi connectivity index (χ1) is 8.66. The van der Waals surface area contributed by atoms with Gasteiger partial charge in [-0.3, -0.25) is 0 Å². The van der Waals surface area contributed by atoms with Gasteiger partial charge in [-0.2, -0.15) is 5.10 Å². The zero-order valence-corrected chi connectivity index (χ0v) is 10.7. The van der Waals surface area contributed by atoms with E-state index < -0.39 is 0 Å². The molecular weight excluding hydrogens is 246 g/mol. The molecule has 1 heterocycles. The van der Waals surface area contributed by atoms with Crippen LogP contribution in [0.4, 0.5) is 0 Å². The molecule has 0 fully saturated rings. The van der Waals surface area contributed by atoms with E-state index in [9.17, 15) is 0 Å². The third kappa shape index (κ3) is 2.95. The molecule has 0 atom stereocenters. The molecule has 0 unspecified atom stereocenters. The van der Waals surface area contributed by atoms with Crippen molar-refractivity contribution in [2.75, 3.05) is 7.05 Å². The Balaban J connectivity index is 2.14. The molecule has 18 heavy (non-hydrogen) atoms. The summed E-state index contributed by atoms with van der Waals surface area (Å²) in [7, 11) is 1.68. The molecule has 0 saturated carbocycles. The van der Waals surface area contributed by atoms with E-state index in [-0.39, 0.29) is 5.11 Å². The molecule has 0 amide bonds. The number of hydrogen-bond acceptors (Lipinski definition) is 3. The summed E-state index contributed by atoms with van der Waals surface area (Å²) in [6.45, 7) is 0. The van der Waals surface area contributed by atoms with Crippen LogP contribution in [0.5, 0.6) is 0 Å². The Morgan fingerprint density at radius 1 is 1.28 bits per heavy atom. The normalized spacial score (nSPS) is 10.7. The molecule has 0 aliphatic carbocycles. The Bertz CT molecular complexity index is 563. The average Bonchev–Trinajstić information content (AvgIpc) is 2.85. The van der Waals surface area contributed by atoms with Gasteiger partial charge in [0.1, 0.15) is 11.5 Å². The lowest BCUT2D eigenvalue weighted by atomic mass is 10.2. The number of hydrazone groups is 1. The van der Waals surface area contributed by atoms with Crippen molar-refractivity contribution in [3.8, 4) is 11.3 Å². The summed E-state index contributed by atoms with van der Waals surface area (Å²) >= 11 is 4.77. The van der Waals surface area contributed by atoms with Gasteiger partial charge in [0.25, 0.3) is 0 Å². The van der Waals surface area contributed by atoms with Gasteiger partial charge in [0.2, 0.25) is 0 Å². The largest absolute Gasteiger partial charge is 0.455 e. The third-order valence-electron chi connectivity index (χ3n) is 2.36. The maximum Gasteiger partial charge on any atom is 0.186 e. The highest BCUT2D eigenvalue weighted by Crippen LogP contribution is 2.20. The summed E-state index contributed by atoms with van der Waals surface area (Å²) in [4.78, 5) is 0. The molecule has 1 aromatic carbocycles. The van der Waals surface area contributed by atoms with Gasteiger partial charge in [0.05, 0.1) is 6.21 Å². The van der Waals surface area contributed by atoms with Crippen LogP contribution in [0.15, 0.2) is 52.0 Å². The summed E-state index contributed by atoms with van der Waals surface area (Å²) in [5.41, 5.74) is 6.44. The second-order valence-electron chi connectivity index (χ2n) is 3.67. The highest BCUT2D eigenvalue weighted by molar-refractivity contribution is 7.80. The van der Waals surface area contributed by atoms with Crippen LogP contribution in [0.25, 0.3) is 11.3 Å². The average molecular weight is 259 g/mol. The molecule has 0 saturated heterocycles.